The topological polar surface area (TPSA) is 73.0 Å². The molecule has 1 aliphatic carbocycles. The van der Waals surface area contributed by atoms with Crippen molar-refractivity contribution in [3.8, 4) is 11.4 Å². The summed E-state index contributed by atoms with van der Waals surface area (Å²) in [4.78, 5) is 14.4. The Labute approximate surface area is 248 Å². The molecule has 0 aromatic heterocycles. The molecule has 7 nitrogen and oxygen atoms in total. The predicted octanol–water partition coefficient (Wildman–Crippen LogP) is 7.40. The molecule has 4 aliphatic rings. The lowest BCUT2D eigenvalue weighted by molar-refractivity contribution is -0.303. The van der Waals surface area contributed by atoms with Crippen LogP contribution in [0.25, 0.3) is 28.6 Å². The van der Waals surface area contributed by atoms with Gasteiger partial charge in [0.25, 0.3) is 0 Å². The zero-order valence-corrected chi connectivity index (χ0v) is 24.1. The second kappa shape index (κ2) is 13.7. The summed E-state index contributed by atoms with van der Waals surface area (Å²) in [5.74, 6) is -0.339. The van der Waals surface area contributed by atoms with E-state index in [1.54, 1.807) is 24.6 Å². The van der Waals surface area contributed by atoms with Gasteiger partial charge in [0.2, 0.25) is 0 Å². The molecule has 0 saturated carbocycles. The van der Waals surface area contributed by atoms with E-state index in [2.05, 4.69) is 15.0 Å². The third-order valence-electron chi connectivity index (χ3n) is 7.01. The highest BCUT2D eigenvalue weighted by atomic mass is 19.4. The number of hydrogen-bond acceptors (Lipinski definition) is 6. The van der Waals surface area contributed by atoms with Gasteiger partial charge in [-0.2, -0.15) is 0 Å². The first-order chi connectivity index (χ1) is 20.8. The smallest absolute Gasteiger partial charge is 0.406 e. The highest BCUT2D eigenvalue weighted by Gasteiger charge is 2.31. The standard InChI is InChI=1S/C33H34F3N5O2/c1-3-4-5-9-25(43-33(34,35)36)13-17-41-31-12-7-6-10-27(31)40-30-20-28(39-26-11-8-16-37-22-23(26)2)29(21-32(30)41)38-24-14-18-42-19-15-24/h4-13,16-17,20-21,24,39H,3,14-15,18-19,22H2,1-2H3/b5-4-,17-13+,25-9+,38-29?. The van der Waals surface area contributed by atoms with Crippen LogP contribution >= 0.6 is 0 Å². The van der Waals surface area contributed by atoms with E-state index in [9.17, 15) is 13.2 Å². The summed E-state index contributed by atoms with van der Waals surface area (Å²) < 4.78 is 51.4. The molecular formula is C33H34F3N5O2. The zero-order valence-electron chi connectivity index (χ0n) is 24.1. The van der Waals surface area contributed by atoms with Crippen molar-refractivity contribution >= 4 is 29.1 Å². The quantitative estimate of drug-likeness (QED) is 0.169. The first-order valence-electron chi connectivity index (χ1n) is 14.3. The highest BCUT2D eigenvalue weighted by Crippen LogP contribution is 2.29. The molecule has 0 amide bonds. The Morgan fingerprint density at radius 1 is 1.21 bits per heavy atom. The van der Waals surface area contributed by atoms with Crippen LogP contribution in [0.3, 0.4) is 0 Å². The number of fused-ring (bicyclic) bond motifs is 2. The second-order valence-corrected chi connectivity index (χ2v) is 10.2. The average Bonchev–Trinajstić information content (AvgIpc) is 3.19. The van der Waals surface area contributed by atoms with Gasteiger partial charge in [-0.3, -0.25) is 9.98 Å². The van der Waals surface area contributed by atoms with Crippen LogP contribution < -0.4 is 10.7 Å². The van der Waals surface area contributed by atoms with E-state index in [1.165, 1.54) is 12.2 Å². The fourth-order valence-electron chi connectivity index (χ4n) is 4.86. The van der Waals surface area contributed by atoms with Gasteiger partial charge in [0, 0.05) is 31.3 Å². The van der Waals surface area contributed by atoms with Crippen molar-refractivity contribution in [1.29, 1.82) is 0 Å². The maximum absolute atomic E-state index is 13.2. The van der Waals surface area contributed by atoms with Crippen molar-refractivity contribution in [1.82, 2.24) is 9.55 Å². The second-order valence-electron chi connectivity index (χ2n) is 10.2. The van der Waals surface area contributed by atoms with Crippen molar-refractivity contribution in [3.63, 3.8) is 0 Å². The van der Waals surface area contributed by atoms with Gasteiger partial charge in [-0.25, -0.2) is 4.98 Å². The number of hydrogen-bond donors (Lipinski definition) is 1. The van der Waals surface area contributed by atoms with Gasteiger partial charge in [0.15, 0.2) is 0 Å². The minimum Gasteiger partial charge on any atom is -0.406 e. The van der Waals surface area contributed by atoms with Crippen LogP contribution in [0.2, 0.25) is 0 Å². The molecule has 1 N–H and O–H groups in total. The number of allylic oxidation sites excluding steroid dienone is 6. The van der Waals surface area contributed by atoms with Crippen molar-refractivity contribution < 1.29 is 22.6 Å². The Balaban J connectivity index is 1.70. The number of para-hydroxylation sites is 2. The van der Waals surface area contributed by atoms with Gasteiger partial charge >= 0.3 is 6.36 Å². The summed E-state index contributed by atoms with van der Waals surface area (Å²) in [5.41, 5.74) is 5.53. The molecule has 1 aromatic carbocycles. The van der Waals surface area contributed by atoms with E-state index in [0.29, 0.717) is 43.1 Å². The summed E-state index contributed by atoms with van der Waals surface area (Å²) in [7, 11) is 0. The predicted molar refractivity (Wildman–Crippen MR) is 165 cm³/mol. The van der Waals surface area contributed by atoms with Crippen LogP contribution in [-0.4, -0.2) is 47.9 Å². The Morgan fingerprint density at radius 2 is 2.02 bits per heavy atom. The monoisotopic (exact) mass is 589 g/mol. The van der Waals surface area contributed by atoms with Crippen molar-refractivity contribution in [2.45, 2.75) is 45.5 Å². The number of aromatic nitrogens is 2. The largest absolute Gasteiger partial charge is 0.573 e. The van der Waals surface area contributed by atoms with Crippen LogP contribution in [0.5, 0.6) is 0 Å². The SMILES string of the molecule is CC\C=C/C=C(\C=C\n1c2cc(=NC3CCOCC3)c(NC3=C(C)CN=CC=C3)cc-2nc2ccccc21)OC(F)(F)F. The van der Waals surface area contributed by atoms with Gasteiger partial charge in [-0.05, 0) is 80.3 Å². The molecule has 10 heteroatoms. The maximum atomic E-state index is 13.2. The van der Waals surface area contributed by atoms with E-state index in [4.69, 9.17) is 14.7 Å². The number of ether oxygens (including phenoxy) is 2. The minimum absolute atomic E-state index is 0.0762. The number of benzene rings is 2. The molecule has 1 aromatic rings. The van der Waals surface area contributed by atoms with E-state index in [-0.39, 0.29) is 11.8 Å². The number of nitrogens with zero attached hydrogens (tertiary/aromatic N) is 4. The molecule has 0 radical (unpaired) electrons. The molecule has 5 rings (SSSR count). The number of rotatable bonds is 8. The number of aliphatic imine (C=N–C) groups is 1. The fourth-order valence-corrected chi connectivity index (χ4v) is 4.86. The number of anilines is 1. The molecule has 3 heterocycles. The summed E-state index contributed by atoms with van der Waals surface area (Å²) >= 11 is 0. The lowest BCUT2D eigenvalue weighted by atomic mass is 10.1. The number of halogens is 3. The molecule has 0 spiro atoms. The fraction of sp³-hybridized carbons (Fsp3) is 0.303. The van der Waals surface area contributed by atoms with Crippen molar-refractivity contribution in [2.24, 2.45) is 9.98 Å². The van der Waals surface area contributed by atoms with Gasteiger partial charge in [-0.15, -0.1) is 13.2 Å². The number of nitrogens with one attached hydrogen (secondary N) is 1. The summed E-state index contributed by atoms with van der Waals surface area (Å²) in [5, 5.41) is 4.28. The van der Waals surface area contributed by atoms with E-state index in [0.717, 1.165) is 40.7 Å². The van der Waals surface area contributed by atoms with E-state index < -0.39 is 6.36 Å². The molecule has 0 bridgehead atoms. The Bertz CT molecular complexity index is 1670. The third-order valence-corrected chi connectivity index (χ3v) is 7.01. The van der Waals surface area contributed by atoms with E-state index >= 15 is 0 Å². The van der Waals surface area contributed by atoms with Crippen LogP contribution in [0.1, 0.15) is 33.1 Å². The zero-order chi connectivity index (χ0) is 30.2. The minimum atomic E-state index is -4.83. The Hall–Kier alpha value is -4.44. The van der Waals surface area contributed by atoms with Crippen LogP contribution in [-0.2, 0) is 9.47 Å². The average molecular weight is 590 g/mol. The van der Waals surface area contributed by atoms with Gasteiger partial charge in [-0.1, -0.05) is 31.2 Å². The maximum Gasteiger partial charge on any atom is 0.573 e. The van der Waals surface area contributed by atoms with E-state index in [1.807, 2.05) is 67.0 Å². The molecule has 0 unspecified atom stereocenters. The molecule has 3 aliphatic heterocycles. The summed E-state index contributed by atoms with van der Waals surface area (Å²) in [6, 6.07) is 11.5. The van der Waals surface area contributed by atoms with Gasteiger partial charge < -0.3 is 19.4 Å². The van der Waals surface area contributed by atoms with Crippen LogP contribution in [0.15, 0.2) is 99.9 Å². The lowest BCUT2D eigenvalue weighted by Crippen LogP contribution is -2.23. The molecule has 43 heavy (non-hydrogen) atoms. The Morgan fingerprint density at radius 3 is 2.81 bits per heavy atom. The molecule has 1 fully saturated rings. The van der Waals surface area contributed by atoms with Crippen LogP contribution in [0, 0.1) is 0 Å². The molecular weight excluding hydrogens is 555 g/mol. The van der Waals surface area contributed by atoms with Crippen molar-refractivity contribution in [3.05, 3.63) is 95.2 Å². The molecule has 224 valence electrons. The van der Waals surface area contributed by atoms with Crippen molar-refractivity contribution in [2.75, 3.05) is 25.1 Å². The highest BCUT2D eigenvalue weighted by molar-refractivity contribution is 5.84. The van der Waals surface area contributed by atoms with Gasteiger partial charge in [0.05, 0.1) is 46.1 Å². The molecule has 0 atom stereocenters. The first kappa shape index (κ1) is 30.0. The summed E-state index contributed by atoms with van der Waals surface area (Å²) in [6.07, 6.45) is 10.6. The van der Waals surface area contributed by atoms with Gasteiger partial charge in [0.1, 0.15) is 5.76 Å². The normalized spacial score (nSPS) is 17.6. The first-order valence-corrected chi connectivity index (χ1v) is 14.3. The third kappa shape index (κ3) is 7.90. The molecule has 1 saturated heterocycles. The summed E-state index contributed by atoms with van der Waals surface area (Å²) in [6.45, 7) is 5.79. The number of alkyl halides is 3. The lowest BCUT2D eigenvalue weighted by Gasteiger charge is -2.21. The Kier molecular flexibility index (Phi) is 9.56. The van der Waals surface area contributed by atoms with Crippen LogP contribution in [0.4, 0.5) is 18.9 Å².